The predicted molar refractivity (Wildman–Crippen MR) is 106 cm³/mol. The third-order valence-corrected chi connectivity index (χ3v) is 7.00. The Morgan fingerprint density at radius 3 is 2.71 bits per heavy atom. The largest absolute Gasteiger partial charge is 0.376 e. The molecule has 1 saturated carbocycles. The monoisotopic (exact) mass is 402 g/mol. The summed E-state index contributed by atoms with van der Waals surface area (Å²) in [4.78, 5) is 42.5. The predicted octanol–water partition coefficient (Wildman–Crippen LogP) is 1.59. The molecule has 0 spiro atoms. The van der Waals surface area contributed by atoms with Crippen LogP contribution in [-0.2, 0) is 17.8 Å². The maximum Gasteiger partial charge on any atom is 0.332 e. The fourth-order valence-electron chi connectivity index (χ4n) is 4.00. The molecule has 4 heterocycles. The normalized spacial score (nSPS) is 19.7. The van der Waals surface area contributed by atoms with E-state index in [1.165, 1.54) is 15.9 Å². The lowest BCUT2D eigenvalue weighted by atomic mass is 10.2. The molecular weight excluding hydrogens is 380 g/mol. The molecule has 1 atom stereocenters. The maximum absolute atomic E-state index is 13.2. The molecule has 28 heavy (non-hydrogen) atoms. The molecule has 2 aliphatic rings. The minimum atomic E-state index is -0.234. The van der Waals surface area contributed by atoms with Gasteiger partial charge in [-0.15, -0.1) is 11.3 Å². The van der Waals surface area contributed by atoms with E-state index in [2.05, 4.69) is 4.98 Å². The van der Waals surface area contributed by atoms with Crippen molar-refractivity contribution in [3.05, 3.63) is 54.2 Å². The van der Waals surface area contributed by atoms with Crippen LogP contribution >= 0.6 is 11.3 Å². The number of imidazole rings is 1. The molecular formula is C19H22N4O4S. The SMILES string of the molecule is Cc1c(Cn2cc[nH]c2=O)sc2c1c(=O)n(C1CC1)c(=O)n2CC1CCCO1. The van der Waals surface area contributed by atoms with Gasteiger partial charge in [0.1, 0.15) is 4.83 Å². The fourth-order valence-corrected chi connectivity index (χ4v) is 5.29. The van der Waals surface area contributed by atoms with Crippen LogP contribution in [0.25, 0.3) is 10.2 Å². The van der Waals surface area contributed by atoms with Crippen molar-refractivity contribution in [3.8, 4) is 0 Å². The quantitative estimate of drug-likeness (QED) is 0.702. The summed E-state index contributed by atoms with van der Waals surface area (Å²) in [5, 5.41) is 0.605. The first-order valence-corrected chi connectivity index (χ1v) is 10.5. The van der Waals surface area contributed by atoms with Crippen LogP contribution in [0.1, 0.15) is 42.2 Å². The van der Waals surface area contributed by atoms with Crippen LogP contribution in [0.3, 0.4) is 0 Å². The van der Waals surface area contributed by atoms with E-state index in [0.29, 0.717) is 23.3 Å². The molecule has 3 aromatic heterocycles. The van der Waals surface area contributed by atoms with Crippen LogP contribution in [-0.4, -0.2) is 31.4 Å². The Labute approximate surface area is 164 Å². The molecule has 0 amide bonds. The van der Waals surface area contributed by atoms with Crippen molar-refractivity contribution in [3.63, 3.8) is 0 Å². The zero-order chi connectivity index (χ0) is 19.4. The molecule has 5 rings (SSSR count). The highest BCUT2D eigenvalue weighted by atomic mass is 32.1. The summed E-state index contributed by atoms with van der Waals surface area (Å²) in [5.74, 6) is 0. The van der Waals surface area contributed by atoms with Crippen LogP contribution in [0, 0.1) is 6.92 Å². The average Bonchev–Trinajstić information content (AvgIpc) is 3.06. The number of rotatable bonds is 5. The second-order valence-electron chi connectivity index (χ2n) is 7.66. The lowest BCUT2D eigenvalue weighted by Crippen LogP contribution is -2.40. The Morgan fingerprint density at radius 1 is 1.25 bits per heavy atom. The molecule has 3 aromatic rings. The Kier molecular flexibility index (Phi) is 4.17. The van der Waals surface area contributed by atoms with Crippen molar-refractivity contribution in [1.82, 2.24) is 18.7 Å². The molecule has 1 N–H and O–H groups in total. The van der Waals surface area contributed by atoms with E-state index in [4.69, 9.17) is 4.74 Å². The van der Waals surface area contributed by atoms with Gasteiger partial charge in [0, 0.05) is 29.9 Å². The van der Waals surface area contributed by atoms with Crippen molar-refractivity contribution in [2.24, 2.45) is 0 Å². The van der Waals surface area contributed by atoms with Gasteiger partial charge >= 0.3 is 11.4 Å². The van der Waals surface area contributed by atoms with E-state index < -0.39 is 0 Å². The highest BCUT2D eigenvalue weighted by Crippen LogP contribution is 2.34. The molecule has 8 nitrogen and oxygen atoms in total. The van der Waals surface area contributed by atoms with Gasteiger partial charge in [0.2, 0.25) is 0 Å². The van der Waals surface area contributed by atoms with Gasteiger partial charge in [-0.2, -0.15) is 0 Å². The average molecular weight is 402 g/mol. The Balaban J connectivity index is 1.71. The van der Waals surface area contributed by atoms with Crippen molar-refractivity contribution in [1.29, 1.82) is 0 Å². The standard InChI is InChI=1S/C19H22N4O4S/c1-11-14(10-21-7-6-20-18(21)25)28-17-15(11)16(24)23(12-4-5-12)19(26)22(17)9-13-3-2-8-27-13/h6-7,12-13H,2-5,8-10H2,1H3,(H,20,25). The van der Waals surface area contributed by atoms with Gasteiger partial charge in [0.05, 0.1) is 24.6 Å². The molecule has 0 aromatic carbocycles. The van der Waals surface area contributed by atoms with Gasteiger partial charge in [-0.05, 0) is 38.2 Å². The zero-order valence-corrected chi connectivity index (χ0v) is 16.5. The lowest BCUT2D eigenvalue weighted by molar-refractivity contribution is 0.0966. The maximum atomic E-state index is 13.2. The molecule has 0 radical (unpaired) electrons. The van der Waals surface area contributed by atoms with E-state index in [1.54, 1.807) is 21.5 Å². The second kappa shape index (κ2) is 6.59. The first-order valence-electron chi connectivity index (χ1n) is 9.67. The lowest BCUT2D eigenvalue weighted by Gasteiger charge is -2.15. The minimum Gasteiger partial charge on any atom is -0.376 e. The number of hydrogen-bond donors (Lipinski definition) is 1. The van der Waals surface area contributed by atoms with Crippen molar-refractivity contribution < 1.29 is 4.74 Å². The van der Waals surface area contributed by atoms with Gasteiger partial charge < -0.3 is 9.72 Å². The van der Waals surface area contributed by atoms with Crippen LogP contribution < -0.4 is 16.9 Å². The first-order chi connectivity index (χ1) is 13.5. The highest BCUT2D eigenvalue weighted by Gasteiger charge is 2.31. The van der Waals surface area contributed by atoms with E-state index in [1.807, 2.05) is 6.92 Å². The Morgan fingerprint density at radius 2 is 2.07 bits per heavy atom. The van der Waals surface area contributed by atoms with Crippen LogP contribution in [0.4, 0.5) is 0 Å². The smallest absolute Gasteiger partial charge is 0.332 e. The summed E-state index contributed by atoms with van der Waals surface area (Å²) in [6.45, 7) is 3.47. The van der Waals surface area contributed by atoms with Crippen molar-refractivity contribution in [2.45, 2.75) is 57.8 Å². The van der Waals surface area contributed by atoms with Crippen LogP contribution in [0.2, 0.25) is 0 Å². The Bertz CT molecular complexity index is 1220. The number of aromatic nitrogens is 4. The molecule has 0 bridgehead atoms. The van der Waals surface area contributed by atoms with Crippen molar-refractivity contribution >= 4 is 21.6 Å². The van der Waals surface area contributed by atoms with E-state index in [-0.39, 0.29) is 29.1 Å². The van der Waals surface area contributed by atoms with Gasteiger partial charge in [0.15, 0.2) is 0 Å². The molecule has 1 aliphatic carbocycles. The number of thiophene rings is 1. The first kappa shape index (κ1) is 17.7. The van der Waals surface area contributed by atoms with E-state index >= 15 is 0 Å². The Hall–Kier alpha value is -2.39. The molecule has 1 saturated heterocycles. The summed E-state index contributed by atoms with van der Waals surface area (Å²) >= 11 is 1.43. The number of aryl methyl sites for hydroxylation is 1. The third kappa shape index (κ3) is 2.80. The summed E-state index contributed by atoms with van der Waals surface area (Å²) in [6.07, 6.45) is 6.95. The molecule has 1 aliphatic heterocycles. The van der Waals surface area contributed by atoms with Gasteiger partial charge in [0.25, 0.3) is 5.56 Å². The summed E-state index contributed by atoms with van der Waals surface area (Å²) in [7, 11) is 0. The van der Waals surface area contributed by atoms with Crippen molar-refractivity contribution in [2.75, 3.05) is 6.61 Å². The molecule has 2 fully saturated rings. The highest BCUT2D eigenvalue weighted by molar-refractivity contribution is 7.18. The number of aromatic amines is 1. The molecule has 1 unspecified atom stereocenters. The number of fused-ring (bicyclic) bond motifs is 1. The number of nitrogens with zero attached hydrogens (tertiary/aromatic N) is 3. The van der Waals surface area contributed by atoms with E-state index in [9.17, 15) is 14.4 Å². The second-order valence-corrected chi connectivity index (χ2v) is 8.74. The minimum absolute atomic E-state index is 0.00389. The molecule has 148 valence electrons. The summed E-state index contributed by atoms with van der Waals surface area (Å²) < 4.78 is 10.5. The number of H-pyrrole nitrogens is 1. The zero-order valence-electron chi connectivity index (χ0n) is 15.6. The van der Waals surface area contributed by atoms with Gasteiger partial charge in [-0.3, -0.25) is 18.5 Å². The fraction of sp³-hybridized carbons (Fsp3) is 0.526. The number of nitrogens with one attached hydrogen (secondary N) is 1. The molecule has 9 heteroatoms. The van der Waals surface area contributed by atoms with Gasteiger partial charge in [-0.1, -0.05) is 0 Å². The summed E-state index contributed by atoms with van der Waals surface area (Å²) in [6, 6.07) is 0.00943. The topological polar surface area (TPSA) is 91.0 Å². The van der Waals surface area contributed by atoms with E-state index in [0.717, 1.165) is 42.7 Å². The third-order valence-electron chi connectivity index (χ3n) is 5.70. The van der Waals surface area contributed by atoms with Crippen LogP contribution in [0.15, 0.2) is 26.8 Å². The van der Waals surface area contributed by atoms with Crippen LogP contribution in [0.5, 0.6) is 0 Å². The number of ether oxygens (including phenoxy) is 1. The number of hydrogen-bond acceptors (Lipinski definition) is 5. The van der Waals surface area contributed by atoms with Gasteiger partial charge in [-0.25, -0.2) is 9.59 Å². The summed E-state index contributed by atoms with van der Waals surface area (Å²) in [5.41, 5.74) is 0.229.